The molecule has 5 N–H and O–H groups in total. The van der Waals surface area contributed by atoms with Gasteiger partial charge in [0.1, 0.15) is 0 Å². The summed E-state index contributed by atoms with van der Waals surface area (Å²) in [4.78, 5) is 9.82. The van der Waals surface area contributed by atoms with Gasteiger partial charge in [-0.2, -0.15) is 0 Å². The summed E-state index contributed by atoms with van der Waals surface area (Å²) in [6, 6.07) is 0. The molecule has 0 atom stereocenters. The number of unbranched alkanes of at least 4 members (excludes halogenated alkanes) is 1. The van der Waals surface area contributed by atoms with Crippen LogP contribution < -0.4 is 6.15 Å². The normalized spacial score (nSPS) is 6.71. The molecule has 0 fully saturated rings. The Morgan fingerprint density at radius 3 is 1.71 bits per heavy atom. The van der Waals surface area contributed by atoms with Gasteiger partial charge in [-0.1, -0.05) is 13.3 Å². The van der Waals surface area contributed by atoms with Crippen LogP contribution in [0.3, 0.4) is 0 Å². The summed E-state index contributed by atoms with van der Waals surface area (Å²) in [7, 11) is 1.00. The van der Waals surface area contributed by atoms with Crippen molar-refractivity contribution in [1.82, 2.24) is 6.15 Å². The molecule has 0 rings (SSSR count). The summed E-state index contributed by atoms with van der Waals surface area (Å²) >= 11 is 0. The Hall–Kier alpha value is -0.650. The minimum atomic E-state index is -0.211. The Balaban J connectivity index is -0.0000000576. The molecule has 0 saturated heterocycles. The van der Waals surface area contributed by atoms with Gasteiger partial charge in [0.2, 0.25) is 0 Å². The molecule has 0 aromatic carbocycles. The number of esters is 1. The predicted molar refractivity (Wildman–Crippen MR) is 57.5 cm³/mol. The summed E-state index contributed by atoms with van der Waals surface area (Å²) in [6.07, 6.45) is 2.04. The molecule has 0 aromatic rings. The lowest BCUT2D eigenvalue weighted by molar-refractivity contribution is -0.140. The van der Waals surface area contributed by atoms with Crippen molar-refractivity contribution in [2.45, 2.75) is 33.6 Å². The zero-order chi connectivity index (χ0) is 11.1. The van der Waals surface area contributed by atoms with Gasteiger partial charge in [0, 0.05) is 20.6 Å². The van der Waals surface area contributed by atoms with E-state index in [2.05, 4.69) is 11.7 Å². The third-order valence-electron chi connectivity index (χ3n) is 0.859. The molecule has 0 aliphatic rings. The molecule has 5 nitrogen and oxygen atoms in total. The van der Waals surface area contributed by atoms with E-state index in [1.54, 1.807) is 6.92 Å². The Morgan fingerprint density at radius 2 is 1.71 bits per heavy atom. The highest BCUT2D eigenvalue weighted by Gasteiger charge is 1.81. The lowest BCUT2D eigenvalue weighted by Gasteiger charge is -1.89. The van der Waals surface area contributed by atoms with E-state index in [9.17, 15) is 4.79 Å². The molecule has 0 heterocycles. The van der Waals surface area contributed by atoms with Gasteiger partial charge in [-0.3, -0.25) is 4.79 Å². The number of aliphatic hydroxyl groups is 2. The second-order valence-corrected chi connectivity index (χ2v) is 2.00. The summed E-state index contributed by atoms with van der Waals surface area (Å²) in [5.41, 5.74) is 0. The SMILES string of the molecule is CCCCO.CCOC(C)=O.CO.N. The number of ether oxygens (including phenoxy) is 1. The lowest BCUT2D eigenvalue weighted by Crippen LogP contribution is -1.95. The minimum Gasteiger partial charge on any atom is -0.466 e. The smallest absolute Gasteiger partial charge is 0.302 e. The van der Waals surface area contributed by atoms with E-state index in [0.717, 1.165) is 20.0 Å². The van der Waals surface area contributed by atoms with Crippen molar-refractivity contribution in [2.75, 3.05) is 20.3 Å². The van der Waals surface area contributed by atoms with Crippen LogP contribution in [0, 0.1) is 0 Å². The van der Waals surface area contributed by atoms with Crippen molar-refractivity contribution >= 4 is 5.97 Å². The molecule has 0 bridgehead atoms. The zero-order valence-electron chi connectivity index (χ0n) is 9.75. The first-order valence-corrected chi connectivity index (χ1v) is 4.37. The van der Waals surface area contributed by atoms with Crippen LogP contribution in [0.1, 0.15) is 33.6 Å². The van der Waals surface area contributed by atoms with Crippen LogP contribution in [0.2, 0.25) is 0 Å². The number of aliphatic hydroxyl groups excluding tert-OH is 2. The number of hydrogen-bond donors (Lipinski definition) is 3. The van der Waals surface area contributed by atoms with Crippen LogP contribution in [-0.4, -0.2) is 36.5 Å². The Kier molecular flexibility index (Phi) is 49.0. The molecular weight excluding hydrogens is 186 g/mol. The van der Waals surface area contributed by atoms with E-state index >= 15 is 0 Å². The van der Waals surface area contributed by atoms with Crippen LogP contribution in [0.25, 0.3) is 0 Å². The highest BCUT2D eigenvalue weighted by Crippen LogP contribution is 1.78. The van der Waals surface area contributed by atoms with Crippen molar-refractivity contribution in [3.05, 3.63) is 0 Å². The third kappa shape index (κ3) is 64.3. The van der Waals surface area contributed by atoms with Crippen molar-refractivity contribution in [1.29, 1.82) is 0 Å². The topological polar surface area (TPSA) is 102 Å². The van der Waals surface area contributed by atoms with Gasteiger partial charge in [0.05, 0.1) is 6.61 Å². The van der Waals surface area contributed by atoms with Gasteiger partial charge in [-0.25, -0.2) is 0 Å². The third-order valence-corrected chi connectivity index (χ3v) is 0.859. The fourth-order valence-corrected chi connectivity index (χ4v) is 0.361. The van der Waals surface area contributed by atoms with Gasteiger partial charge in [-0.05, 0) is 13.3 Å². The molecule has 0 aromatic heterocycles. The van der Waals surface area contributed by atoms with E-state index in [-0.39, 0.29) is 12.1 Å². The Morgan fingerprint density at radius 1 is 1.29 bits per heavy atom. The molecule has 0 aliphatic heterocycles. The highest BCUT2D eigenvalue weighted by atomic mass is 16.5. The number of hydrogen-bond acceptors (Lipinski definition) is 5. The Labute approximate surface area is 86.7 Å². The van der Waals surface area contributed by atoms with Gasteiger partial charge < -0.3 is 21.1 Å². The summed E-state index contributed by atoms with van der Waals surface area (Å²) < 4.78 is 4.40. The van der Waals surface area contributed by atoms with Gasteiger partial charge in [0.15, 0.2) is 0 Å². The minimum absolute atomic E-state index is 0. The van der Waals surface area contributed by atoms with E-state index < -0.39 is 0 Å². The maximum Gasteiger partial charge on any atom is 0.302 e. The van der Waals surface area contributed by atoms with Crippen LogP contribution in [-0.2, 0) is 9.53 Å². The molecule has 5 heteroatoms. The highest BCUT2D eigenvalue weighted by molar-refractivity contribution is 5.65. The maximum absolute atomic E-state index is 9.82. The number of carbonyl (C=O) groups is 1. The molecular formula is C9H25NO4. The molecule has 0 amide bonds. The van der Waals surface area contributed by atoms with Crippen LogP contribution >= 0.6 is 0 Å². The second kappa shape index (κ2) is 29.4. The molecule has 0 unspecified atom stereocenters. The molecule has 14 heavy (non-hydrogen) atoms. The first-order valence-electron chi connectivity index (χ1n) is 4.37. The number of rotatable bonds is 3. The Bertz CT molecular complexity index is 86.9. The fraction of sp³-hybridized carbons (Fsp3) is 0.889. The lowest BCUT2D eigenvalue weighted by atomic mass is 10.4. The van der Waals surface area contributed by atoms with Gasteiger partial charge in [-0.15, -0.1) is 0 Å². The largest absolute Gasteiger partial charge is 0.466 e. The fourth-order valence-electron chi connectivity index (χ4n) is 0.361. The van der Waals surface area contributed by atoms with Crippen molar-refractivity contribution < 1.29 is 19.7 Å². The van der Waals surface area contributed by atoms with Gasteiger partial charge >= 0.3 is 5.97 Å². The summed E-state index contributed by atoms with van der Waals surface area (Å²) in [5, 5.41) is 15.1. The van der Waals surface area contributed by atoms with Gasteiger partial charge in [0.25, 0.3) is 0 Å². The van der Waals surface area contributed by atoms with E-state index in [1.807, 2.05) is 0 Å². The first kappa shape index (κ1) is 23.3. The van der Waals surface area contributed by atoms with Crippen molar-refractivity contribution in [3.63, 3.8) is 0 Å². The molecule has 0 aliphatic carbocycles. The monoisotopic (exact) mass is 211 g/mol. The van der Waals surface area contributed by atoms with E-state index in [0.29, 0.717) is 13.2 Å². The summed E-state index contributed by atoms with van der Waals surface area (Å²) in [6.45, 7) is 6.05. The van der Waals surface area contributed by atoms with E-state index in [4.69, 9.17) is 10.2 Å². The van der Waals surface area contributed by atoms with Crippen LogP contribution in [0.5, 0.6) is 0 Å². The molecule has 90 valence electrons. The average Bonchev–Trinajstić information content (AvgIpc) is 2.10. The standard InChI is InChI=1S/C4H8O2.C4H10O.CH4O.H3N/c1-3-6-4(2)5;1-2-3-4-5;1-2;/h3H2,1-2H3;5H,2-4H2,1H3;2H,1H3;1H3. The molecule has 0 spiro atoms. The average molecular weight is 211 g/mol. The maximum atomic E-state index is 9.82. The van der Waals surface area contributed by atoms with Crippen molar-refractivity contribution in [2.24, 2.45) is 0 Å². The van der Waals surface area contributed by atoms with Crippen LogP contribution in [0.15, 0.2) is 0 Å². The number of carbonyl (C=O) groups excluding carboxylic acids is 1. The zero-order valence-corrected chi connectivity index (χ0v) is 9.75. The molecule has 0 radical (unpaired) electrons. The summed E-state index contributed by atoms with van der Waals surface area (Å²) in [5.74, 6) is -0.211. The second-order valence-electron chi connectivity index (χ2n) is 2.00. The quantitative estimate of drug-likeness (QED) is 0.607. The van der Waals surface area contributed by atoms with Crippen molar-refractivity contribution in [3.8, 4) is 0 Å². The first-order chi connectivity index (χ1) is 6.18. The van der Waals surface area contributed by atoms with E-state index in [1.165, 1.54) is 6.92 Å². The predicted octanol–water partition coefficient (Wildman–Crippen LogP) is 1.12. The van der Waals surface area contributed by atoms with Crippen LogP contribution in [0.4, 0.5) is 0 Å². The molecule has 0 saturated carbocycles.